The number of hydrogen-bond donors (Lipinski definition) is 1. The molecule has 2 unspecified atom stereocenters. The van der Waals surface area contributed by atoms with Crippen molar-refractivity contribution in [3.8, 4) is 0 Å². The summed E-state index contributed by atoms with van der Waals surface area (Å²) in [5, 5.41) is 5.93. The lowest BCUT2D eigenvalue weighted by Crippen LogP contribution is -2.47. The van der Waals surface area contributed by atoms with Crippen molar-refractivity contribution >= 4 is 39.1 Å². The number of halogens is 2. The minimum absolute atomic E-state index is 0.194. The second-order valence-corrected chi connectivity index (χ2v) is 9.26. The first-order chi connectivity index (χ1) is 15.5. The molecule has 7 nitrogen and oxygen atoms in total. The molecule has 10 heteroatoms. The van der Waals surface area contributed by atoms with Crippen LogP contribution in [0.1, 0.15) is 30.5 Å². The lowest BCUT2D eigenvalue weighted by atomic mass is 9.95. The van der Waals surface area contributed by atoms with Gasteiger partial charge in [0.25, 0.3) is 0 Å². The molecule has 0 radical (unpaired) electrons. The van der Waals surface area contributed by atoms with Gasteiger partial charge >= 0.3 is 5.97 Å². The lowest BCUT2D eigenvalue weighted by molar-refractivity contribution is -0.139. The standard InChI is InChI=1S/C22H24BrFN4O3S/c1-3-31-22(29)18-17(11-28-7-8-30-12-13(28)2)26-20(21-25-6-9-32-21)27-19(18)15-5-4-14(24)10-16(15)23/h4-6,9-10,13,19H,3,7-8,11-12H2,1-2H3,(H,26,27). The smallest absolute Gasteiger partial charge is 0.338 e. The van der Waals surface area contributed by atoms with Crippen LogP contribution in [0.3, 0.4) is 0 Å². The highest BCUT2D eigenvalue weighted by Crippen LogP contribution is 2.37. The van der Waals surface area contributed by atoms with Gasteiger partial charge in [-0.15, -0.1) is 11.3 Å². The van der Waals surface area contributed by atoms with E-state index in [4.69, 9.17) is 14.5 Å². The quantitative estimate of drug-likeness (QED) is 0.583. The number of benzene rings is 1. The second-order valence-electron chi connectivity index (χ2n) is 7.52. The summed E-state index contributed by atoms with van der Waals surface area (Å²) in [7, 11) is 0. The van der Waals surface area contributed by atoms with Crippen LogP contribution in [0.2, 0.25) is 0 Å². The summed E-state index contributed by atoms with van der Waals surface area (Å²) in [5.41, 5.74) is 1.80. The number of nitrogens with one attached hydrogen (secondary N) is 1. The minimum atomic E-state index is -0.671. The monoisotopic (exact) mass is 522 g/mol. The van der Waals surface area contributed by atoms with Crippen molar-refractivity contribution in [3.63, 3.8) is 0 Å². The Bertz CT molecular complexity index is 1040. The normalized spacial score (nSPS) is 21.8. The molecular weight excluding hydrogens is 499 g/mol. The van der Waals surface area contributed by atoms with Gasteiger partial charge in [0.2, 0.25) is 0 Å². The zero-order valence-corrected chi connectivity index (χ0v) is 20.2. The van der Waals surface area contributed by atoms with Gasteiger partial charge in [0, 0.05) is 40.9 Å². The van der Waals surface area contributed by atoms with Gasteiger partial charge in [-0.2, -0.15) is 0 Å². The largest absolute Gasteiger partial charge is 0.463 e. The number of amidine groups is 1. The highest BCUT2D eigenvalue weighted by atomic mass is 79.9. The van der Waals surface area contributed by atoms with Crippen molar-refractivity contribution in [3.05, 3.63) is 61.9 Å². The SMILES string of the molecule is CCOC(=O)C1=C(CN2CCOCC2C)NC(c2nccs2)=NC1c1ccc(F)cc1Br. The number of rotatable bonds is 6. The number of esters is 1. The Hall–Kier alpha value is -2.14. The van der Waals surface area contributed by atoms with Crippen LogP contribution in [0.4, 0.5) is 4.39 Å². The van der Waals surface area contributed by atoms with Crippen LogP contribution >= 0.6 is 27.3 Å². The average molecular weight is 523 g/mol. The minimum Gasteiger partial charge on any atom is -0.463 e. The Labute approximate surface area is 198 Å². The van der Waals surface area contributed by atoms with Gasteiger partial charge in [-0.05, 0) is 31.5 Å². The molecule has 0 spiro atoms. The van der Waals surface area contributed by atoms with Crippen molar-refractivity contribution in [2.24, 2.45) is 4.99 Å². The van der Waals surface area contributed by atoms with Gasteiger partial charge < -0.3 is 14.8 Å². The zero-order valence-electron chi connectivity index (χ0n) is 17.8. The third-order valence-corrected chi connectivity index (χ3v) is 6.85. The summed E-state index contributed by atoms with van der Waals surface area (Å²) < 4.78 is 25.3. The molecule has 2 aliphatic heterocycles. The number of aromatic nitrogens is 1. The van der Waals surface area contributed by atoms with Crippen LogP contribution in [0.25, 0.3) is 0 Å². The summed E-state index contributed by atoms with van der Waals surface area (Å²) in [6, 6.07) is 3.91. The predicted molar refractivity (Wildman–Crippen MR) is 124 cm³/mol. The zero-order chi connectivity index (χ0) is 22.7. The maximum atomic E-state index is 13.8. The molecule has 0 aliphatic carbocycles. The Kier molecular flexibility index (Phi) is 7.34. The van der Waals surface area contributed by atoms with Crippen LogP contribution in [-0.2, 0) is 14.3 Å². The van der Waals surface area contributed by atoms with Gasteiger partial charge in [0.05, 0.1) is 25.4 Å². The van der Waals surface area contributed by atoms with E-state index in [1.807, 2.05) is 5.38 Å². The van der Waals surface area contributed by atoms with Crippen LogP contribution in [0.5, 0.6) is 0 Å². The van der Waals surface area contributed by atoms with E-state index in [0.717, 1.165) is 6.54 Å². The van der Waals surface area contributed by atoms with Gasteiger partial charge in [-0.25, -0.2) is 14.2 Å². The second kappa shape index (κ2) is 10.2. The first kappa shape index (κ1) is 23.0. The molecule has 32 heavy (non-hydrogen) atoms. The molecule has 4 rings (SSSR count). The first-order valence-corrected chi connectivity index (χ1v) is 12.1. The van der Waals surface area contributed by atoms with Crippen LogP contribution < -0.4 is 5.32 Å². The van der Waals surface area contributed by atoms with E-state index < -0.39 is 12.0 Å². The molecule has 1 fully saturated rings. The molecule has 1 N–H and O–H groups in total. The number of thiazole rings is 1. The average Bonchev–Trinajstić information content (AvgIpc) is 3.30. The molecule has 0 amide bonds. The fourth-order valence-electron chi connectivity index (χ4n) is 3.77. The fraction of sp³-hybridized carbons (Fsp3) is 0.409. The Morgan fingerprint density at radius 2 is 2.31 bits per heavy atom. The molecule has 1 aromatic heterocycles. The number of ether oxygens (including phenoxy) is 2. The number of nitrogens with zero attached hydrogens (tertiary/aromatic N) is 3. The molecule has 0 saturated carbocycles. The molecular formula is C22H24BrFN4O3S. The van der Waals surface area contributed by atoms with E-state index in [9.17, 15) is 9.18 Å². The summed E-state index contributed by atoms with van der Waals surface area (Å²) >= 11 is 4.90. The molecule has 0 bridgehead atoms. The van der Waals surface area contributed by atoms with E-state index in [1.54, 1.807) is 19.2 Å². The Morgan fingerprint density at radius 3 is 3.00 bits per heavy atom. The number of morpholine rings is 1. The van der Waals surface area contributed by atoms with Gasteiger partial charge in [0.1, 0.15) is 11.9 Å². The maximum Gasteiger partial charge on any atom is 0.338 e. The molecule has 170 valence electrons. The molecule has 1 aromatic carbocycles. The van der Waals surface area contributed by atoms with Gasteiger partial charge in [0.15, 0.2) is 10.8 Å². The van der Waals surface area contributed by atoms with Crippen molar-refractivity contribution in [1.29, 1.82) is 0 Å². The number of carbonyl (C=O) groups excluding carboxylic acids is 1. The van der Waals surface area contributed by atoms with E-state index in [2.05, 4.69) is 38.1 Å². The van der Waals surface area contributed by atoms with E-state index in [0.29, 0.717) is 51.9 Å². The number of hydrogen-bond acceptors (Lipinski definition) is 8. The number of carbonyl (C=O) groups is 1. The van der Waals surface area contributed by atoms with Gasteiger partial charge in [-0.1, -0.05) is 22.0 Å². The highest BCUT2D eigenvalue weighted by molar-refractivity contribution is 9.10. The summed E-state index contributed by atoms with van der Waals surface area (Å²) in [6.45, 7) is 6.61. The molecule has 1 saturated heterocycles. The molecule has 3 heterocycles. The van der Waals surface area contributed by atoms with E-state index in [-0.39, 0.29) is 18.5 Å². The topological polar surface area (TPSA) is 76.0 Å². The van der Waals surface area contributed by atoms with Crippen molar-refractivity contribution in [1.82, 2.24) is 15.2 Å². The third kappa shape index (κ3) is 4.93. The summed E-state index contributed by atoms with van der Waals surface area (Å²) in [4.78, 5) is 24.6. The van der Waals surface area contributed by atoms with E-state index in [1.165, 1.54) is 23.5 Å². The summed E-state index contributed by atoms with van der Waals surface area (Å²) in [6.07, 6.45) is 1.71. The van der Waals surface area contributed by atoms with Gasteiger partial charge in [-0.3, -0.25) is 9.89 Å². The van der Waals surface area contributed by atoms with Crippen molar-refractivity contribution in [2.75, 3.05) is 32.9 Å². The fourth-order valence-corrected chi connectivity index (χ4v) is 4.92. The number of aliphatic imine (C=N–C) groups is 1. The van der Waals surface area contributed by atoms with Crippen LogP contribution in [0, 0.1) is 5.82 Å². The molecule has 2 aromatic rings. The summed E-state index contributed by atoms with van der Waals surface area (Å²) in [5.74, 6) is -0.244. The highest BCUT2D eigenvalue weighted by Gasteiger charge is 2.35. The Morgan fingerprint density at radius 1 is 1.47 bits per heavy atom. The lowest BCUT2D eigenvalue weighted by Gasteiger charge is -2.36. The predicted octanol–water partition coefficient (Wildman–Crippen LogP) is 3.67. The van der Waals surface area contributed by atoms with Crippen molar-refractivity contribution in [2.45, 2.75) is 25.9 Å². The molecule has 2 atom stereocenters. The molecule has 2 aliphatic rings. The van der Waals surface area contributed by atoms with E-state index >= 15 is 0 Å². The maximum absolute atomic E-state index is 13.8. The van der Waals surface area contributed by atoms with Crippen molar-refractivity contribution < 1.29 is 18.7 Å². The third-order valence-electron chi connectivity index (χ3n) is 5.38. The van der Waals surface area contributed by atoms with Crippen LogP contribution in [-0.4, -0.2) is 60.6 Å². The van der Waals surface area contributed by atoms with Crippen LogP contribution in [0.15, 0.2) is 50.5 Å². The Balaban J connectivity index is 1.82. The first-order valence-electron chi connectivity index (χ1n) is 10.4.